The minimum absolute atomic E-state index is 0.140. The number of benzene rings is 3. The number of halogens is 1. The summed E-state index contributed by atoms with van der Waals surface area (Å²) in [6.45, 7) is 4.00. The van der Waals surface area contributed by atoms with Crippen molar-refractivity contribution in [3.05, 3.63) is 82.4 Å². The average molecular weight is 520 g/mol. The zero-order valence-electron chi connectivity index (χ0n) is 20.6. The van der Waals surface area contributed by atoms with Gasteiger partial charge in [0.2, 0.25) is 0 Å². The van der Waals surface area contributed by atoms with Gasteiger partial charge < -0.3 is 24.8 Å². The van der Waals surface area contributed by atoms with Crippen molar-refractivity contribution in [2.24, 2.45) is 0 Å². The standard InChI is InChI=1S/C28H26ClN3O5/c1-4-36-22-11-9-21(10-12-22)31-28(34)20(16-30)13-19-14-23(29)27(25(15-19)35-3)37-17-26(33)32-24-8-6-5-7-18(24)2/h5-15H,4,17H2,1-3H3,(H,31,34)(H,32,33)/b20-13+. The van der Waals surface area contributed by atoms with E-state index in [1.807, 2.05) is 38.1 Å². The molecule has 3 aromatic carbocycles. The highest BCUT2D eigenvalue weighted by Crippen LogP contribution is 2.37. The van der Waals surface area contributed by atoms with E-state index in [0.29, 0.717) is 29.3 Å². The van der Waals surface area contributed by atoms with Crippen molar-refractivity contribution in [2.75, 3.05) is 31.0 Å². The largest absolute Gasteiger partial charge is 0.494 e. The second-order valence-corrected chi connectivity index (χ2v) is 8.17. The summed E-state index contributed by atoms with van der Waals surface area (Å²) in [5.41, 5.74) is 2.41. The number of anilines is 2. The molecule has 0 saturated heterocycles. The maximum atomic E-state index is 12.6. The maximum absolute atomic E-state index is 12.6. The van der Waals surface area contributed by atoms with E-state index in [-0.39, 0.29) is 34.6 Å². The van der Waals surface area contributed by atoms with Crippen LogP contribution in [0.1, 0.15) is 18.1 Å². The zero-order chi connectivity index (χ0) is 26.8. The van der Waals surface area contributed by atoms with Crippen LogP contribution in [0.3, 0.4) is 0 Å². The number of aryl methyl sites for hydroxylation is 1. The van der Waals surface area contributed by atoms with Gasteiger partial charge >= 0.3 is 0 Å². The molecule has 0 aromatic heterocycles. The third-order valence-corrected chi connectivity index (χ3v) is 5.40. The van der Waals surface area contributed by atoms with E-state index < -0.39 is 5.91 Å². The predicted molar refractivity (Wildman–Crippen MR) is 143 cm³/mol. The summed E-state index contributed by atoms with van der Waals surface area (Å²) in [6.07, 6.45) is 1.38. The Balaban J connectivity index is 1.72. The van der Waals surface area contributed by atoms with Gasteiger partial charge in [-0.05, 0) is 73.5 Å². The van der Waals surface area contributed by atoms with E-state index in [0.717, 1.165) is 5.56 Å². The van der Waals surface area contributed by atoms with Crippen LogP contribution in [0.4, 0.5) is 11.4 Å². The zero-order valence-corrected chi connectivity index (χ0v) is 21.4. The van der Waals surface area contributed by atoms with Crippen molar-refractivity contribution in [1.29, 1.82) is 5.26 Å². The van der Waals surface area contributed by atoms with Crippen LogP contribution in [0.5, 0.6) is 17.2 Å². The van der Waals surface area contributed by atoms with E-state index in [1.165, 1.54) is 19.3 Å². The van der Waals surface area contributed by atoms with Crippen molar-refractivity contribution in [1.82, 2.24) is 0 Å². The van der Waals surface area contributed by atoms with Crippen LogP contribution in [0.25, 0.3) is 6.08 Å². The van der Waals surface area contributed by atoms with Gasteiger partial charge in [-0.1, -0.05) is 29.8 Å². The molecule has 0 bridgehead atoms. The molecule has 0 radical (unpaired) electrons. The number of carbonyl (C=O) groups excluding carboxylic acids is 2. The number of nitrogens with zero attached hydrogens (tertiary/aromatic N) is 1. The number of hydrogen-bond acceptors (Lipinski definition) is 6. The van der Waals surface area contributed by atoms with Crippen LogP contribution in [-0.4, -0.2) is 32.1 Å². The molecule has 9 heteroatoms. The summed E-state index contributed by atoms with van der Waals surface area (Å²) >= 11 is 6.40. The summed E-state index contributed by atoms with van der Waals surface area (Å²) in [6, 6.07) is 19.2. The van der Waals surface area contributed by atoms with Crippen LogP contribution in [0, 0.1) is 18.3 Å². The van der Waals surface area contributed by atoms with Crippen LogP contribution in [0.2, 0.25) is 5.02 Å². The molecule has 0 fully saturated rings. The lowest BCUT2D eigenvalue weighted by atomic mass is 10.1. The molecule has 2 N–H and O–H groups in total. The van der Waals surface area contributed by atoms with Crippen molar-refractivity contribution < 1.29 is 23.8 Å². The highest BCUT2D eigenvalue weighted by Gasteiger charge is 2.16. The predicted octanol–water partition coefficient (Wildman–Crippen LogP) is 5.62. The van der Waals surface area contributed by atoms with Crippen molar-refractivity contribution in [3.63, 3.8) is 0 Å². The van der Waals surface area contributed by atoms with Crippen molar-refractivity contribution >= 4 is 40.9 Å². The lowest BCUT2D eigenvalue weighted by molar-refractivity contribution is -0.118. The minimum atomic E-state index is -0.588. The van der Waals surface area contributed by atoms with E-state index in [2.05, 4.69) is 10.6 Å². The molecule has 8 nitrogen and oxygen atoms in total. The topological polar surface area (TPSA) is 110 Å². The van der Waals surface area contributed by atoms with Gasteiger partial charge in [0.15, 0.2) is 18.1 Å². The molecule has 190 valence electrons. The summed E-state index contributed by atoms with van der Waals surface area (Å²) in [7, 11) is 1.42. The second kappa shape index (κ2) is 13.0. The molecular formula is C28H26ClN3O5. The lowest BCUT2D eigenvalue weighted by Gasteiger charge is -2.14. The first-order valence-corrected chi connectivity index (χ1v) is 11.7. The quantitative estimate of drug-likeness (QED) is 0.266. The number of carbonyl (C=O) groups is 2. The third-order valence-electron chi connectivity index (χ3n) is 5.12. The van der Waals surface area contributed by atoms with Gasteiger partial charge in [0.05, 0.1) is 18.7 Å². The monoisotopic (exact) mass is 519 g/mol. The molecule has 0 aliphatic carbocycles. The molecule has 2 amide bonds. The van der Waals surface area contributed by atoms with Gasteiger partial charge in [0.25, 0.3) is 11.8 Å². The first kappa shape index (κ1) is 27.1. The second-order valence-electron chi connectivity index (χ2n) is 7.77. The van der Waals surface area contributed by atoms with Crippen molar-refractivity contribution in [2.45, 2.75) is 13.8 Å². The smallest absolute Gasteiger partial charge is 0.266 e. The fourth-order valence-electron chi connectivity index (χ4n) is 3.32. The average Bonchev–Trinajstić information content (AvgIpc) is 2.89. The number of rotatable bonds is 10. The number of methoxy groups -OCH3 is 1. The Morgan fingerprint density at radius 3 is 2.43 bits per heavy atom. The van der Waals surface area contributed by atoms with E-state index in [9.17, 15) is 14.9 Å². The maximum Gasteiger partial charge on any atom is 0.266 e. The third kappa shape index (κ3) is 7.50. The molecule has 37 heavy (non-hydrogen) atoms. The Bertz CT molecular complexity index is 1350. The molecule has 0 unspecified atom stereocenters. The Kier molecular flexibility index (Phi) is 9.53. The van der Waals surface area contributed by atoms with Crippen LogP contribution in [0.15, 0.2) is 66.2 Å². The summed E-state index contributed by atoms with van der Waals surface area (Å²) in [5.74, 6) is 0.127. The first-order valence-electron chi connectivity index (χ1n) is 11.4. The molecule has 0 aliphatic rings. The number of ether oxygens (including phenoxy) is 3. The highest BCUT2D eigenvalue weighted by molar-refractivity contribution is 6.32. The summed E-state index contributed by atoms with van der Waals surface area (Å²) in [4.78, 5) is 25.0. The summed E-state index contributed by atoms with van der Waals surface area (Å²) < 4.78 is 16.4. The van der Waals surface area contributed by atoms with Crippen LogP contribution in [-0.2, 0) is 9.59 Å². The van der Waals surface area contributed by atoms with E-state index >= 15 is 0 Å². The molecule has 0 saturated carbocycles. The van der Waals surface area contributed by atoms with Gasteiger partial charge in [0, 0.05) is 11.4 Å². The molecule has 3 aromatic rings. The number of hydrogen-bond donors (Lipinski definition) is 2. The molecule has 0 aliphatic heterocycles. The van der Waals surface area contributed by atoms with Crippen LogP contribution >= 0.6 is 11.6 Å². The van der Waals surface area contributed by atoms with Gasteiger partial charge in [0.1, 0.15) is 17.4 Å². The van der Waals surface area contributed by atoms with E-state index in [1.54, 1.807) is 36.4 Å². The highest BCUT2D eigenvalue weighted by atomic mass is 35.5. The lowest BCUT2D eigenvalue weighted by Crippen LogP contribution is -2.21. The first-order chi connectivity index (χ1) is 17.8. The fraction of sp³-hybridized carbons (Fsp3) is 0.179. The van der Waals surface area contributed by atoms with Gasteiger partial charge in [-0.3, -0.25) is 9.59 Å². The summed E-state index contributed by atoms with van der Waals surface area (Å²) in [5, 5.41) is 15.2. The molecule has 0 atom stereocenters. The van der Waals surface area contributed by atoms with Gasteiger partial charge in [-0.2, -0.15) is 5.26 Å². The van der Waals surface area contributed by atoms with Crippen LogP contribution < -0.4 is 24.8 Å². The fourth-order valence-corrected chi connectivity index (χ4v) is 3.59. The SMILES string of the molecule is CCOc1ccc(NC(=O)/C(C#N)=C/c2cc(Cl)c(OCC(=O)Nc3ccccc3C)c(OC)c2)cc1. The Morgan fingerprint density at radius 2 is 1.78 bits per heavy atom. The van der Waals surface area contributed by atoms with Gasteiger partial charge in [-0.25, -0.2) is 0 Å². The number of nitrogens with one attached hydrogen (secondary N) is 2. The number of amides is 2. The Hall–Kier alpha value is -4.48. The normalized spacial score (nSPS) is 10.7. The Morgan fingerprint density at radius 1 is 1.05 bits per heavy atom. The molecular weight excluding hydrogens is 494 g/mol. The van der Waals surface area contributed by atoms with E-state index in [4.69, 9.17) is 25.8 Å². The number of nitriles is 1. The molecule has 0 heterocycles. The van der Waals surface area contributed by atoms with Gasteiger partial charge in [-0.15, -0.1) is 0 Å². The molecule has 3 rings (SSSR count). The Labute approximate surface area is 220 Å². The van der Waals surface area contributed by atoms with Crippen molar-refractivity contribution in [3.8, 4) is 23.3 Å². The number of para-hydroxylation sites is 1. The molecule has 0 spiro atoms. The minimum Gasteiger partial charge on any atom is -0.494 e.